The second-order valence-electron chi connectivity index (χ2n) is 26.7. The zero-order valence-electron chi connectivity index (χ0n) is 57.7. The van der Waals surface area contributed by atoms with Crippen molar-refractivity contribution >= 4 is 11.9 Å². The van der Waals surface area contributed by atoms with Crippen LogP contribution in [-0.2, 0) is 23.8 Å². The molecule has 0 aliphatic carbocycles. The Morgan fingerprint density at radius 2 is 0.761 bits per heavy atom. The topological polar surface area (TPSA) is 175 Å². The number of hydrogen-bond acceptors (Lipinski definition) is 10. The SMILES string of the molecule is CCCCCCCCC/C=C/C(O)C(COC1OC(CO)C(O)C(O)C1O)NC(=O)CCCCCCCCCCCCCCCCCCC/C=C\C/C=C\CCCCCCCCCCCOC(=O)CCCCCCCCCCCCCCCCCCCC. The van der Waals surface area contributed by atoms with Crippen molar-refractivity contribution in [1.82, 2.24) is 5.32 Å². The zero-order valence-corrected chi connectivity index (χ0v) is 57.7. The Labute approximate surface area is 543 Å². The summed E-state index contributed by atoms with van der Waals surface area (Å²) in [6.07, 6.45) is 76.1. The van der Waals surface area contributed by atoms with Crippen LogP contribution in [0.4, 0.5) is 0 Å². The average Bonchev–Trinajstić information content (AvgIpc) is 2.89. The first-order valence-electron chi connectivity index (χ1n) is 38.3. The highest BCUT2D eigenvalue weighted by molar-refractivity contribution is 5.76. The molecule has 11 heteroatoms. The van der Waals surface area contributed by atoms with Gasteiger partial charge < -0.3 is 45.1 Å². The molecular formula is C77H145NO10. The number of carbonyl (C=O) groups excluding carboxylic acids is 2. The van der Waals surface area contributed by atoms with E-state index in [1.165, 1.54) is 295 Å². The van der Waals surface area contributed by atoms with Crippen molar-refractivity contribution in [2.24, 2.45) is 0 Å². The van der Waals surface area contributed by atoms with Crippen molar-refractivity contribution in [1.29, 1.82) is 0 Å². The Hall–Kier alpha value is -2.12. The van der Waals surface area contributed by atoms with Gasteiger partial charge in [0.15, 0.2) is 6.29 Å². The first-order valence-corrected chi connectivity index (χ1v) is 38.3. The third kappa shape index (κ3) is 54.4. The molecule has 0 aromatic rings. The number of rotatable bonds is 68. The molecule has 1 saturated heterocycles. The minimum absolute atomic E-state index is 0.0119. The maximum Gasteiger partial charge on any atom is 0.305 e. The van der Waals surface area contributed by atoms with Crippen LogP contribution < -0.4 is 5.32 Å². The first kappa shape index (κ1) is 83.9. The molecule has 1 heterocycles. The molecule has 1 rings (SSSR count). The Morgan fingerprint density at radius 3 is 1.15 bits per heavy atom. The van der Waals surface area contributed by atoms with Gasteiger partial charge in [-0.1, -0.05) is 339 Å². The summed E-state index contributed by atoms with van der Waals surface area (Å²) in [5.74, 6) is -0.169. The van der Waals surface area contributed by atoms with Crippen LogP contribution in [-0.4, -0.2) is 100 Å². The van der Waals surface area contributed by atoms with Gasteiger partial charge in [-0.25, -0.2) is 0 Å². The van der Waals surface area contributed by atoms with Gasteiger partial charge in [-0.3, -0.25) is 9.59 Å². The number of ether oxygens (including phenoxy) is 3. The first-order chi connectivity index (χ1) is 43.2. The summed E-state index contributed by atoms with van der Waals surface area (Å²) in [6.45, 7) is 4.36. The highest BCUT2D eigenvalue weighted by atomic mass is 16.7. The third-order valence-corrected chi connectivity index (χ3v) is 18.2. The summed E-state index contributed by atoms with van der Waals surface area (Å²) in [7, 11) is 0. The predicted octanol–water partition coefficient (Wildman–Crippen LogP) is 20.1. The van der Waals surface area contributed by atoms with Crippen LogP contribution in [0.1, 0.15) is 380 Å². The minimum Gasteiger partial charge on any atom is -0.466 e. The molecule has 7 atom stereocenters. The summed E-state index contributed by atoms with van der Waals surface area (Å²) in [5.41, 5.74) is 0. The Kier molecular flexibility index (Phi) is 63.2. The van der Waals surface area contributed by atoms with E-state index in [1.54, 1.807) is 6.08 Å². The van der Waals surface area contributed by atoms with Crippen LogP contribution in [0.15, 0.2) is 36.5 Å². The van der Waals surface area contributed by atoms with Crippen LogP contribution in [0, 0.1) is 0 Å². The van der Waals surface area contributed by atoms with E-state index in [0.717, 1.165) is 57.8 Å². The largest absolute Gasteiger partial charge is 0.466 e. The molecule has 7 unspecified atom stereocenters. The highest BCUT2D eigenvalue weighted by Crippen LogP contribution is 2.24. The molecule has 1 amide bonds. The molecule has 1 fully saturated rings. The number of aliphatic hydroxyl groups is 5. The van der Waals surface area contributed by atoms with E-state index in [0.29, 0.717) is 19.4 Å². The Bertz CT molecular complexity index is 1560. The van der Waals surface area contributed by atoms with E-state index >= 15 is 0 Å². The van der Waals surface area contributed by atoms with Crippen molar-refractivity contribution in [2.45, 2.75) is 423 Å². The van der Waals surface area contributed by atoms with E-state index in [9.17, 15) is 35.1 Å². The van der Waals surface area contributed by atoms with Gasteiger partial charge in [-0.2, -0.15) is 0 Å². The maximum absolute atomic E-state index is 13.0. The van der Waals surface area contributed by atoms with Gasteiger partial charge in [0.2, 0.25) is 5.91 Å². The average molecular weight is 1250 g/mol. The molecule has 11 nitrogen and oxygen atoms in total. The molecule has 6 N–H and O–H groups in total. The van der Waals surface area contributed by atoms with Crippen molar-refractivity contribution in [3.8, 4) is 0 Å². The zero-order chi connectivity index (χ0) is 63.7. The molecule has 518 valence electrons. The van der Waals surface area contributed by atoms with Crippen molar-refractivity contribution < 1.29 is 49.3 Å². The third-order valence-electron chi connectivity index (χ3n) is 18.2. The number of allylic oxidation sites excluding steroid dienone is 5. The van der Waals surface area contributed by atoms with Gasteiger partial charge in [0, 0.05) is 12.8 Å². The molecule has 88 heavy (non-hydrogen) atoms. The van der Waals surface area contributed by atoms with Crippen molar-refractivity contribution in [3.63, 3.8) is 0 Å². The second-order valence-corrected chi connectivity index (χ2v) is 26.7. The summed E-state index contributed by atoms with van der Waals surface area (Å²) in [4.78, 5) is 25.1. The van der Waals surface area contributed by atoms with Gasteiger partial charge in [0.1, 0.15) is 24.4 Å². The van der Waals surface area contributed by atoms with Gasteiger partial charge in [0.25, 0.3) is 0 Å². The number of aliphatic hydroxyl groups excluding tert-OH is 5. The number of unbranched alkanes of at least 4 members (excludes halogenated alkanes) is 50. The molecule has 0 aromatic carbocycles. The number of carbonyl (C=O) groups is 2. The van der Waals surface area contributed by atoms with Crippen LogP contribution in [0.2, 0.25) is 0 Å². The van der Waals surface area contributed by atoms with E-state index in [4.69, 9.17) is 14.2 Å². The van der Waals surface area contributed by atoms with E-state index in [-0.39, 0.29) is 18.5 Å². The quantitative estimate of drug-likeness (QED) is 0.0195. The lowest BCUT2D eigenvalue weighted by Crippen LogP contribution is -2.60. The van der Waals surface area contributed by atoms with Crippen LogP contribution in [0.5, 0.6) is 0 Å². The number of nitrogens with one attached hydrogen (secondary N) is 1. The summed E-state index contributed by atoms with van der Waals surface area (Å²) in [5, 5.41) is 54.3. The molecular weight excluding hydrogens is 1100 g/mol. The van der Waals surface area contributed by atoms with Crippen molar-refractivity contribution in [3.05, 3.63) is 36.5 Å². The van der Waals surface area contributed by atoms with Gasteiger partial charge in [-0.15, -0.1) is 0 Å². The fourth-order valence-electron chi connectivity index (χ4n) is 12.2. The second kappa shape index (κ2) is 66.3. The molecule has 0 aromatic heterocycles. The normalized spacial score (nSPS) is 17.9. The summed E-state index contributed by atoms with van der Waals surface area (Å²) >= 11 is 0. The molecule has 0 radical (unpaired) electrons. The lowest BCUT2D eigenvalue weighted by molar-refractivity contribution is -0.302. The van der Waals surface area contributed by atoms with Crippen LogP contribution in [0.25, 0.3) is 0 Å². The minimum atomic E-state index is -1.57. The fraction of sp³-hybridized carbons (Fsp3) is 0.896. The number of hydrogen-bond donors (Lipinski definition) is 6. The smallest absolute Gasteiger partial charge is 0.305 e. The fourth-order valence-corrected chi connectivity index (χ4v) is 12.2. The number of esters is 1. The molecule has 1 aliphatic rings. The van der Waals surface area contributed by atoms with Crippen LogP contribution >= 0.6 is 0 Å². The lowest BCUT2D eigenvalue weighted by atomic mass is 9.99. The molecule has 0 saturated carbocycles. The molecule has 1 aliphatic heterocycles. The van der Waals surface area contributed by atoms with Crippen molar-refractivity contribution in [2.75, 3.05) is 19.8 Å². The van der Waals surface area contributed by atoms with Gasteiger partial charge >= 0.3 is 5.97 Å². The lowest BCUT2D eigenvalue weighted by Gasteiger charge is -2.40. The molecule has 0 bridgehead atoms. The van der Waals surface area contributed by atoms with E-state index < -0.39 is 49.5 Å². The van der Waals surface area contributed by atoms with Crippen LogP contribution in [0.3, 0.4) is 0 Å². The monoisotopic (exact) mass is 1240 g/mol. The standard InChI is InChI=1S/C77H145NO10/c1-3-5-7-9-11-13-14-15-16-17-36-39-42-45-49-53-57-61-65-73(82)86-66-62-58-54-50-46-43-40-37-34-32-30-28-26-24-22-20-18-19-21-23-25-27-29-31-33-35-38-41-44-48-52-56-60-64-72(81)78-69(70(80)63-59-55-51-47-12-10-8-6-4-2)68-87-77-76(85)75(84)74(83)71(67-79)88-77/h22,24,28,30,59,63,69-71,74-77,79-80,83-85H,3-21,23,25-27,29,31-58,60-62,64-68H2,1-2H3,(H,78,81)/b24-22-,30-28-,63-59+. The Morgan fingerprint density at radius 1 is 0.420 bits per heavy atom. The van der Waals surface area contributed by atoms with E-state index in [2.05, 4.69) is 43.5 Å². The Balaban J connectivity index is 1.88. The van der Waals surface area contributed by atoms with Gasteiger partial charge in [-0.05, 0) is 64.2 Å². The van der Waals surface area contributed by atoms with Gasteiger partial charge in [0.05, 0.1) is 32.0 Å². The van der Waals surface area contributed by atoms with E-state index in [1.807, 2.05) is 6.08 Å². The predicted molar refractivity (Wildman–Crippen MR) is 371 cm³/mol. The highest BCUT2D eigenvalue weighted by Gasteiger charge is 2.44. The maximum atomic E-state index is 13.0. The number of amides is 1. The summed E-state index contributed by atoms with van der Waals surface area (Å²) < 4.78 is 16.7. The summed E-state index contributed by atoms with van der Waals surface area (Å²) in [6, 6.07) is -0.807. The molecule has 0 spiro atoms.